The van der Waals surface area contributed by atoms with Gasteiger partial charge in [0.15, 0.2) is 0 Å². The monoisotopic (exact) mass is 367 g/mol. The van der Waals surface area contributed by atoms with Crippen LogP contribution in [0.2, 0.25) is 0 Å². The lowest BCUT2D eigenvalue weighted by Gasteiger charge is -2.17. The Hall–Kier alpha value is -3.22. The zero-order valence-electron chi connectivity index (χ0n) is 14.7. The molecule has 138 valence electrons. The molecule has 0 bridgehead atoms. The molecule has 2 unspecified atom stereocenters. The molecule has 2 atom stereocenters. The largest absolute Gasteiger partial charge is 0.382 e. The van der Waals surface area contributed by atoms with Gasteiger partial charge in [0.2, 0.25) is 12.0 Å². The molecule has 2 aliphatic heterocycles. The van der Waals surface area contributed by atoms with Crippen molar-refractivity contribution < 1.29 is 18.8 Å². The van der Waals surface area contributed by atoms with Gasteiger partial charge in [0.05, 0.1) is 18.2 Å². The summed E-state index contributed by atoms with van der Waals surface area (Å²) in [4.78, 5) is 29.2. The molecule has 0 aliphatic carbocycles. The van der Waals surface area contributed by atoms with Crippen molar-refractivity contribution in [1.29, 1.82) is 0 Å². The number of anilines is 1. The average molecular weight is 367 g/mol. The van der Waals surface area contributed by atoms with Crippen LogP contribution in [0.3, 0.4) is 0 Å². The van der Waals surface area contributed by atoms with E-state index < -0.39 is 6.10 Å². The van der Waals surface area contributed by atoms with Gasteiger partial charge in [0, 0.05) is 17.7 Å². The van der Waals surface area contributed by atoms with E-state index in [0.29, 0.717) is 17.7 Å². The summed E-state index contributed by atoms with van der Waals surface area (Å²) in [5, 5.41) is 9.62. The minimum atomic E-state index is -0.747. The zero-order chi connectivity index (χ0) is 19.0. The molecule has 2 aromatic carbocycles. The fourth-order valence-electron chi connectivity index (χ4n) is 3.26. The van der Waals surface area contributed by atoms with Gasteiger partial charge < -0.3 is 15.5 Å². The van der Waals surface area contributed by atoms with Gasteiger partial charge in [-0.2, -0.15) is 0 Å². The summed E-state index contributed by atoms with van der Waals surface area (Å²) in [6, 6.07) is 11.4. The third kappa shape index (κ3) is 3.53. The van der Waals surface area contributed by atoms with Crippen LogP contribution in [0.5, 0.6) is 0 Å². The Morgan fingerprint density at radius 1 is 1.33 bits per heavy atom. The zero-order valence-corrected chi connectivity index (χ0v) is 14.7. The molecule has 7 heteroatoms. The van der Waals surface area contributed by atoms with Crippen LogP contribution in [0.1, 0.15) is 36.1 Å². The van der Waals surface area contributed by atoms with E-state index in [2.05, 4.69) is 15.8 Å². The van der Waals surface area contributed by atoms with Crippen LogP contribution in [-0.2, 0) is 20.8 Å². The maximum absolute atomic E-state index is 13.4. The van der Waals surface area contributed by atoms with E-state index in [1.165, 1.54) is 12.1 Å². The SMILES string of the molecule is CC(NC(=O)C1CC(c2cccc(F)c2)=NO1)c1ccc2c(c1)CC(=O)N2. The number of hydrogen-bond donors (Lipinski definition) is 2. The third-order valence-electron chi connectivity index (χ3n) is 4.73. The number of hydrogen-bond acceptors (Lipinski definition) is 4. The first kappa shape index (κ1) is 17.2. The fourth-order valence-corrected chi connectivity index (χ4v) is 3.26. The summed E-state index contributed by atoms with van der Waals surface area (Å²) in [6.07, 6.45) is -0.117. The van der Waals surface area contributed by atoms with Crippen molar-refractivity contribution in [3.05, 3.63) is 65.0 Å². The summed E-state index contributed by atoms with van der Waals surface area (Å²) in [7, 11) is 0. The molecule has 2 heterocycles. The van der Waals surface area contributed by atoms with Gasteiger partial charge in [-0.3, -0.25) is 9.59 Å². The Kier molecular flexibility index (Phi) is 4.35. The first-order valence-corrected chi connectivity index (χ1v) is 8.71. The lowest BCUT2D eigenvalue weighted by atomic mass is 10.0. The number of fused-ring (bicyclic) bond motifs is 1. The number of halogens is 1. The minimum absolute atomic E-state index is 0.0276. The maximum atomic E-state index is 13.4. The van der Waals surface area contributed by atoms with E-state index in [1.807, 2.05) is 25.1 Å². The van der Waals surface area contributed by atoms with Crippen LogP contribution in [0.4, 0.5) is 10.1 Å². The van der Waals surface area contributed by atoms with Crippen molar-refractivity contribution >= 4 is 23.2 Å². The highest BCUT2D eigenvalue weighted by Gasteiger charge is 2.30. The molecule has 0 saturated carbocycles. The number of carbonyl (C=O) groups is 2. The standard InChI is InChI=1S/C20H18FN3O3/c1-11(12-5-6-16-14(7-12)9-19(25)23-16)22-20(26)18-10-17(24-27-18)13-3-2-4-15(21)8-13/h2-8,11,18H,9-10H2,1H3,(H,22,26)(H,23,25). The number of rotatable bonds is 4. The summed E-state index contributed by atoms with van der Waals surface area (Å²) >= 11 is 0. The second-order valence-corrected chi connectivity index (χ2v) is 6.72. The summed E-state index contributed by atoms with van der Waals surface area (Å²) in [6.45, 7) is 1.87. The molecule has 2 N–H and O–H groups in total. The average Bonchev–Trinajstić information content (AvgIpc) is 3.26. The molecule has 27 heavy (non-hydrogen) atoms. The third-order valence-corrected chi connectivity index (χ3v) is 4.73. The highest BCUT2D eigenvalue weighted by molar-refractivity contribution is 6.04. The fraction of sp³-hybridized carbons (Fsp3) is 0.250. The summed E-state index contributed by atoms with van der Waals surface area (Å²) in [5.41, 5.74) is 3.79. The summed E-state index contributed by atoms with van der Waals surface area (Å²) < 4.78 is 13.4. The highest BCUT2D eigenvalue weighted by Crippen LogP contribution is 2.27. The van der Waals surface area contributed by atoms with Crippen LogP contribution in [0, 0.1) is 5.82 Å². The molecule has 0 fully saturated rings. The molecular formula is C20H18FN3O3. The van der Waals surface area contributed by atoms with Crippen molar-refractivity contribution in [3.8, 4) is 0 Å². The predicted molar refractivity (Wildman–Crippen MR) is 97.8 cm³/mol. The van der Waals surface area contributed by atoms with Crippen LogP contribution < -0.4 is 10.6 Å². The van der Waals surface area contributed by atoms with Crippen LogP contribution in [-0.4, -0.2) is 23.6 Å². The van der Waals surface area contributed by atoms with Crippen molar-refractivity contribution in [2.24, 2.45) is 5.16 Å². The number of nitrogens with one attached hydrogen (secondary N) is 2. The molecule has 2 aliphatic rings. The topological polar surface area (TPSA) is 79.8 Å². The second kappa shape index (κ2) is 6.83. The second-order valence-electron chi connectivity index (χ2n) is 6.72. The van der Waals surface area contributed by atoms with E-state index in [0.717, 1.165) is 16.8 Å². The highest BCUT2D eigenvalue weighted by atomic mass is 19.1. The minimum Gasteiger partial charge on any atom is -0.382 e. The van der Waals surface area contributed by atoms with Crippen LogP contribution in [0.25, 0.3) is 0 Å². The number of oxime groups is 1. The Balaban J connectivity index is 1.39. The molecule has 2 amide bonds. The van der Waals surface area contributed by atoms with Gasteiger partial charge in [0.1, 0.15) is 5.82 Å². The molecular weight excluding hydrogens is 349 g/mol. The van der Waals surface area contributed by atoms with Crippen LogP contribution in [0.15, 0.2) is 47.6 Å². The molecule has 0 radical (unpaired) electrons. The Morgan fingerprint density at radius 3 is 3.00 bits per heavy atom. The number of nitrogens with zero attached hydrogens (tertiary/aromatic N) is 1. The van der Waals surface area contributed by atoms with Gasteiger partial charge in [-0.05, 0) is 36.2 Å². The Morgan fingerprint density at radius 2 is 2.19 bits per heavy atom. The van der Waals surface area contributed by atoms with E-state index in [9.17, 15) is 14.0 Å². The predicted octanol–water partition coefficient (Wildman–Crippen LogP) is 2.69. The molecule has 2 aromatic rings. The van der Waals surface area contributed by atoms with Gasteiger partial charge >= 0.3 is 0 Å². The smallest absolute Gasteiger partial charge is 0.264 e. The molecule has 0 saturated heterocycles. The van der Waals surface area contributed by atoms with E-state index in [-0.39, 0.29) is 30.1 Å². The van der Waals surface area contributed by atoms with E-state index in [1.54, 1.807) is 12.1 Å². The Bertz CT molecular complexity index is 957. The van der Waals surface area contributed by atoms with Crippen molar-refractivity contribution in [1.82, 2.24) is 5.32 Å². The lowest BCUT2D eigenvalue weighted by Crippen LogP contribution is -2.36. The number of carbonyl (C=O) groups excluding carboxylic acids is 2. The first-order chi connectivity index (χ1) is 13.0. The number of amides is 2. The van der Waals surface area contributed by atoms with Crippen molar-refractivity contribution in [2.75, 3.05) is 5.32 Å². The maximum Gasteiger partial charge on any atom is 0.264 e. The Labute approximate surface area is 155 Å². The quantitative estimate of drug-likeness (QED) is 0.872. The first-order valence-electron chi connectivity index (χ1n) is 8.71. The normalized spacial score (nSPS) is 19.0. The summed E-state index contributed by atoms with van der Waals surface area (Å²) in [5.74, 6) is -0.672. The van der Waals surface area contributed by atoms with E-state index >= 15 is 0 Å². The van der Waals surface area contributed by atoms with Crippen molar-refractivity contribution in [3.63, 3.8) is 0 Å². The van der Waals surface area contributed by atoms with Gasteiger partial charge in [-0.15, -0.1) is 0 Å². The lowest BCUT2D eigenvalue weighted by molar-refractivity contribution is -0.131. The van der Waals surface area contributed by atoms with Crippen LogP contribution >= 0.6 is 0 Å². The van der Waals surface area contributed by atoms with Gasteiger partial charge in [-0.25, -0.2) is 4.39 Å². The van der Waals surface area contributed by atoms with Crippen molar-refractivity contribution in [2.45, 2.75) is 31.9 Å². The number of benzene rings is 2. The van der Waals surface area contributed by atoms with E-state index in [4.69, 9.17) is 4.84 Å². The van der Waals surface area contributed by atoms with Gasteiger partial charge in [0.25, 0.3) is 5.91 Å². The molecule has 0 spiro atoms. The molecule has 6 nitrogen and oxygen atoms in total. The molecule has 0 aromatic heterocycles. The molecule has 4 rings (SSSR count). The van der Waals surface area contributed by atoms with Gasteiger partial charge in [-0.1, -0.05) is 29.4 Å².